The van der Waals surface area contributed by atoms with Crippen LogP contribution in [-0.4, -0.2) is 15.6 Å². The minimum Gasteiger partial charge on any atom is -0.364 e. The lowest BCUT2D eigenvalue weighted by molar-refractivity contribution is -0.387. The number of ether oxygens (including phenoxy) is 1. The molecule has 0 saturated heterocycles. The van der Waals surface area contributed by atoms with Gasteiger partial charge in [-0.2, -0.15) is 0 Å². The smallest absolute Gasteiger partial charge is 0.277 e. The molecule has 0 bridgehead atoms. The Balaban J connectivity index is 2.12. The average molecular weight is 279 g/mol. The predicted molar refractivity (Wildman–Crippen MR) is 75.2 cm³/mol. The third kappa shape index (κ3) is 3.35. The van der Waals surface area contributed by atoms with Crippen molar-refractivity contribution in [3.63, 3.8) is 0 Å². The SMILES string of the molecule is CC1CCC(C)(OC(O)c2ccccc2[N+](=O)[O-])CC1. The van der Waals surface area contributed by atoms with E-state index in [1.54, 1.807) is 12.1 Å². The van der Waals surface area contributed by atoms with E-state index in [4.69, 9.17) is 4.74 Å². The predicted octanol–water partition coefficient (Wildman–Crippen LogP) is 3.57. The lowest BCUT2D eigenvalue weighted by Crippen LogP contribution is -2.35. The second-order valence-corrected chi connectivity index (χ2v) is 5.92. The molecular formula is C15H21NO4. The number of aliphatic hydroxyl groups is 1. The first kappa shape index (κ1) is 14.9. The van der Waals surface area contributed by atoms with E-state index in [2.05, 4.69) is 6.92 Å². The van der Waals surface area contributed by atoms with Crippen molar-refractivity contribution in [3.8, 4) is 0 Å². The molecule has 1 saturated carbocycles. The van der Waals surface area contributed by atoms with E-state index in [1.807, 2.05) is 6.92 Å². The van der Waals surface area contributed by atoms with Crippen LogP contribution in [0, 0.1) is 16.0 Å². The van der Waals surface area contributed by atoms with Gasteiger partial charge in [-0.3, -0.25) is 10.1 Å². The van der Waals surface area contributed by atoms with E-state index in [0.29, 0.717) is 5.92 Å². The molecular weight excluding hydrogens is 258 g/mol. The quantitative estimate of drug-likeness (QED) is 0.519. The fourth-order valence-electron chi connectivity index (χ4n) is 2.69. The maximum absolute atomic E-state index is 11.0. The summed E-state index contributed by atoms with van der Waals surface area (Å²) in [5, 5.41) is 21.2. The van der Waals surface area contributed by atoms with E-state index >= 15 is 0 Å². The zero-order chi connectivity index (χ0) is 14.8. The van der Waals surface area contributed by atoms with Gasteiger partial charge >= 0.3 is 0 Å². The van der Waals surface area contributed by atoms with Crippen molar-refractivity contribution in [3.05, 3.63) is 39.9 Å². The fourth-order valence-corrected chi connectivity index (χ4v) is 2.69. The van der Waals surface area contributed by atoms with Gasteiger partial charge in [0.15, 0.2) is 6.29 Å². The number of aliphatic hydroxyl groups excluding tert-OH is 1. The van der Waals surface area contributed by atoms with Gasteiger partial charge in [-0.25, -0.2) is 0 Å². The number of benzene rings is 1. The topological polar surface area (TPSA) is 72.6 Å². The van der Waals surface area contributed by atoms with Crippen LogP contribution in [0.25, 0.3) is 0 Å². The second-order valence-electron chi connectivity index (χ2n) is 5.92. The van der Waals surface area contributed by atoms with Crippen LogP contribution in [0.5, 0.6) is 0 Å². The first-order valence-corrected chi connectivity index (χ1v) is 7.00. The van der Waals surface area contributed by atoms with Gasteiger partial charge in [-0.1, -0.05) is 19.1 Å². The fraction of sp³-hybridized carbons (Fsp3) is 0.600. The largest absolute Gasteiger partial charge is 0.364 e. The zero-order valence-electron chi connectivity index (χ0n) is 11.9. The molecule has 110 valence electrons. The van der Waals surface area contributed by atoms with Gasteiger partial charge in [0.25, 0.3) is 5.69 Å². The minimum absolute atomic E-state index is 0.104. The van der Waals surface area contributed by atoms with Crippen molar-refractivity contribution in [1.82, 2.24) is 0 Å². The number of nitrogens with zero attached hydrogens (tertiary/aromatic N) is 1. The highest BCUT2D eigenvalue weighted by Gasteiger charge is 2.34. The molecule has 0 aromatic heterocycles. The third-order valence-corrected chi connectivity index (χ3v) is 4.13. The molecule has 1 aliphatic carbocycles. The molecule has 1 atom stereocenters. The maximum atomic E-state index is 11.0. The van der Waals surface area contributed by atoms with E-state index in [1.165, 1.54) is 12.1 Å². The number of hydrogen-bond donors (Lipinski definition) is 1. The van der Waals surface area contributed by atoms with Crippen LogP contribution in [0.1, 0.15) is 51.4 Å². The molecule has 5 heteroatoms. The highest BCUT2D eigenvalue weighted by molar-refractivity contribution is 5.40. The molecule has 1 aromatic carbocycles. The molecule has 0 spiro atoms. The molecule has 0 heterocycles. The highest BCUT2D eigenvalue weighted by atomic mass is 16.6. The van der Waals surface area contributed by atoms with E-state index < -0.39 is 16.8 Å². The molecule has 1 unspecified atom stereocenters. The second kappa shape index (κ2) is 5.89. The average Bonchev–Trinajstić information content (AvgIpc) is 2.42. The van der Waals surface area contributed by atoms with Gasteiger partial charge in [0.2, 0.25) is 0 Å². The Hall–Kier alpha value is -1.46. The molecule has 5 nitrogen and oxygen atoms in total. The Kier molecular flexibility index (Phi) is 4.40. The molecule has 2 rings (SSSR count). The van der Waals surface area contributed by atoms with Crippen molar-refractivity contribution in [2.45, 2.75) is 51.4 Å². The Morgan fingerprint density at radius 3 is 2.60 bits per heavy atom. The lowest BCUT2D eigenvalue weighted by Gasteiger charge is -2.37. The summed E-state index contributed by atoms with van der Waals surface area (Å²) < 4.78 is 5.76. The van der Waals surface area contributed by atoms with Gasteiger partial charge in [-0.05, 0) is 44.6 Å². The molecule has 1 aliphatic rings. The molecule has 0 radical (unpaired) electrons. The summed E-state index contributed by atoms with van der Waals surface area (Å²) in [6.45, 7) is 4.18. The first-order valence-electron chi connectivity index (χ1n) is 7.00. The molecule has 1 fully saturated rings. The van der Waals surface area contributed by atoms with E-state index in [0.717, 1.165) is 25.7 Å². The van der Waals surface area contributed by atoms with Crippen LogP contribution < -0.4 is 0 Å². The van der Waals surface area contributed by atoms with Crippen LogP contribution >= 0.6 is 0 Å². The van der Waals surface area contributed by atoms with Crippen molar-refractivity contribution in [2.24, 2.45) is 5.92 Å². The van der Waals surface area contributed by atoms with Crippen molar-refractivity contribution >= 4 is 5.69 Å². The lowest BCUT2D eigenvalue weighted by atomic mass is 9.80. The van der Waals surface area contributed by atoms with Gasteiger partial charge in [0, 0.05) is 6.07 Å². The van der Waals surface area contributed by atoms with E-state index in [-0.39, 0.29) is 11.3 Å². The molecule has 20 heavy (non-hydrogen) atoms. The van der Waals surface area contributed by atoms with Gasteiger partial charge in [0.1, 0.15) is 0 Å². The number of nitro groups is 1. The van der Waals surface area contributed by atoms with Crippen LogP contribution in [0.2, 0.25) is 0 Å². The summed E-state index contributed by atoms with van der Waals surface area (Å²) in [6, 6.07) is 6.17. The van der Waals surface area contributed by atoms with Crippen molar-refractivity contribution in [1.29, 1.82) is 0 Å². The highest BCUT2D eigenvalue weighted by Crippen LogP contribution is 2.38. The zero-order valence-corrected chi connectivity index (χ0v) is 11.9. The molecule has 1 N–H and O–H groups in total. The first-order chi connectivity index (χ1) is 9.41. The minimum atomic E-state index is -1.25. The normalized spacial score (nSPS) is 28.1. The number of hydrogen-bond acceptors (Lipinski definition) is 4. The Morgan fingerprint density at radius 2 is 2.00 bits per heavy atom. The molecule has 0 amide bonds. The summed E-state index contributed by atoms with van der Waals surface area (Å²) in [4.78, 5) is 10.5. The van der Waals surface area contributed by atoms with Crippen molar-refractivity contribution in [2.75, 3.05) is 0 Å². The van der Waals surface area contributed by atoms with Crippen LogP contribution in [0.4, 0.5) is 5.69 Å². The van der Waals surface area contributed by atoms with E-state index in [9.17, 15) is 15.2 Å². The summed E-state index contributed by atoms with van der Waals surface area (Å²) in [6.07, 6.45) is 2.59. The van der Waals surface area contributed by atoms with Crippen LogP contribution in [-0.2, 0) is 4.74 Å². The summed E-state index contributed by atoms with van der Waals surface area (Å²) in [5.41, 5.74) is -0.291. The number of para-hydroxylation sites is 1. The molecule has 0 aliphatic heterocycles. The summed E-state index contributed by atoms with van der Waals surface area (Å²) in [7, 11) is 0. The summed E-state index contributed by atoms with van der Waals surface area (Å²) in [5.74, 6) is 0.676. The maximum Gasteiger partial charge on any atom is 0.277 e. The number of rotatable bonds is 4. The molecule has 1 aromatic rings. The number of nitro benzene ring substituents is 1. The third-order valence-electron chi connectivity index (χ3n) is 4.13. The Morgan fingerprint density at radius 1 is 1.40 bits per heavy atom. The van der Waals surface area contributed by atoms with Crippen LogP contribution in [0.15, 0.2) is 24.3 Å². The standard InChI is InChI=1S/C15H21NO4/c1-11-7-9-15(2,10-8-11)20-14(17)12-5-3-4-6-13(12)16(18)19/h3-6,11,14,17H,7-10H2,1-2H3. The van der Waals surface area contributed by atoms with Gasteiger partial charge < -0.3 is 9.84 Å². The van der Waals surface area contributed by atoms with Gasteiger partial charge in [0.05, 0.1) is 16.1 Å². The monoisotopic (exact) mass is 279 g/mol. The summed E-state index contributed by atoms with van der Waals surface area (Å²) >= 11 is 0. The van der Waals surface area contributed by atoms with Crippen LogP contribution in [0.3, 0.4) is 0 Å². The van der Waals surface area contributed by atoms with Crippen molar-refractivity contribution < 1.29 is 14.8 Å². The Bertz CT molecular complexity index is 481. The van der Waals surface area contributed by atoms with Gasteiger partial charge in [-0.15, -0.1) is 0 Å². The Labute approximate surface area is 118 Å².